The minimum absolute atomic E-state index is 0.0432. The Morgan fingerprint density at radius 2 is 1.48 bits per heavy atom. The largest absolute Gasteiger partial charge is 0.392 e. The van der Waals surface area contributed by atoms with Gasteiger partial charge < -0.3 is 10.1 Å². The third-order valence-corrected chi connectivity index (χ3v) is 4.05. The summed E-state index contributed by atoms with van der Waals surface area (Å²) >= 11 is 0. The van der Waals surface area contributed by atoms with Gasteiger partial charge in [0.25, 0.3) is 0 Å². The highest BCUT2D eigenvalue weighted by atomic mass is 16.3. The molecular formula is C20H16N2O. The summed E-state index contributed by atoms with van der Waals surface area (Å²) in [5.41, 5.74) is 6.14. The second-order valence-corrected chi connectivity index (χ2v) is 5.50. The van der Waals surface area contributed by atoms with E-state index in [4.69, 9.17) is 0 Å². The topological polar surface area (TPSA) is 48.9 Å². The zero-order valence-corrected chi connectivity index (χ0v) is 12.5. The minimum atomic E-state index is 0.0432. The molecule has 3 heteroatoms. The maximum absolute atomic E-state index is 9.48. The number of H-pyrrole nitrogens is 1. The molecule has 0 fully saturated rings. The molecule has 0 bridgehead atoms. The standard InChI is InChI=1S/C20H16N2O/c23-13-16-5-1-2-6-17(16)14-9-11-15(12-10-14)20-21-18-7-3-4-8-19(18)22-20/h1-12,23H,13H2,(H,21,22). The Morgan fingerprint density at radius 3 is 2.26 bits per heavy atom. The number of benzene rings is 3. The molecule has 0 aliphatic heterocycles. The van der Waals surface area contributed by atoms with E-state index in [2.05, 4.69) is 34.2 Å². The van der Waals surface area contributed by atoms with Crippen molar-refractivity contribution in [2.45, 2.75) is 6.61 Å². The van der Waals surface area contributed by atoms with Gasteiger partial charge in [-0.25, -0.2) is 4.98 Å². The summed E-state index contributed by atoms with van der Waals surface area (Å²) in [6.07, 6.45) is 0. The first-order chi connectivity index (χ1) is 11.3. The molecule has 23 heavy (non-hydrogen) atoms. The Labute approximate surface area is 134 Å². The summed E-state index contributed by atoms with van der Waals surface area (Å²) in [6, 6.07) is 24.2. The molecule has 3 nitrogen and oxygen atoms in total. The molecule has 0 radical (unpaired) electrons. The fraction of sp³-hybridized carbons (Fsp3) is 0.0500. The van der Waals surface area contributed by atoms with Gasteiger partial charge in [-0.2, -0.15) is 0 Å². The van der Waals surface area contributed by atoms with Crippen LogP contribution in [0.5, 0.6) is 0 Å². The van der Waals surface area contributed by atoms with Crippen LogP contribution in [0.2, 0.25) is 0 Å². The van der Waals surface area contributed by atoms with E-state index in [1.165, 1.54) is 0 Å². The van der Waals surface area contributed by atoms with Crippen molar-refractivity contribution >= 4 is 11.0 Å². The number of aliphatic hydroxyl groups excluding tert-OH is 1. The van der Waals surface area contributed by atoms with Crippen LogP contribution in [0, 0.1) is 0 Å². The van der Waals surface area contributed by atoms with Crippen LogP contribution in [0.3, 0.4) is 0 Å². The highest BCUT2D eigenvalue weighted by Gasteiger charge is 2.07. The van der Waals surface area contributed by atoms with Crippen LogP contribution in [-0.4, -0.2) is 15.1 Å². The average molecular weight is 300 g/mol. The van der Waals surface area contributed by atoms with Crippen LogP contribution in [0.15, 0.2) is 72.8 Å². The van der Waals surface area contributed by atoms with Gasteiger partial charge in [-0.05, 0) is 28.8 Å². The van der Waals surface area contributed by atoms with Gasteiger partial charge in [-0.15, -0.1) is 0 Å². The van der Waals surface area contributed by atoms with E-state index in [1.54, 1.807) is 0 Å². The van der Waals surface area contributed by atoms with E-state index >= 15 is 0 Å². The van der Waals surface area contributed by atoms with E-state index < -0.39 is 0 Å². The lowest BCUT2D eigenvalue weighted by molar-refractivity contribution is 0.282. The molecule has 0 unspecified atom stereocenters. The molecule has 1 heterocycles. The predicted molar refractivity (Wildman–Crippen MR) is 92.9 cm³/mol. The average Bonchev–Trinajstić information content (AvgIpc) is 3.06. The molecule has 0 amide bonds. The number of aromatic amines is 1. The number of rotatable bonds is 3. The van der Waals surface area contributed by atoms with Crippen LogP contribution in [-0.2, 0) is 6.61 Å². The molecule has 112 valence electrons. The Kier molecular flexibility index (Phi) is 3.41. The number of nitrogens with zero attached hydrogens (tertiary/aromatic N) is 1. The summed E-state index contributed by atoms with van der Waals surface area (Å²) in [6.45, 7) is 0.0432. The second kappa shape index (κ2) is 5.71. The van der Waals surface area contributed by atoms with Crippen molar-refractivity contribution in [1.82, 2.24) is 9.97 Å². The molecule has 4 aromatic rings. The number of hydrogen-bond acceptors (Lipinski definition) is 2. The van der Waals surface area contributed by atoms with Crippen LogP contribution in [0.25, 0.3) is 33.5 Å². The summed E-state index contributed by atoms with van der Waals surface area (Å²) in [7, 11) is 0. The van der Waals surface area contributed by atoms with Gasteiger partial charge >= 0.3 is 0 Å². The molecule has 0 spiro atoms. The van der Waals surface area contributed by atoms with E-state index in [-0.39, 0.29) is 6.61 Å². The third-order valence-electron chi connectivity index (χ3n) is 4.05. The van der Waals surface area contributed by atoms with Crippen LogP contribution in [0.1, 0.15) is 5.56 Å². The quantitative estimate of drug-likeness (QED) is 0.589. The first-order valence-electron chi connectivity index (χ1n) is 7.59. The molecule has 4 rings (SSSR count). The van der Waals surface area contributed by atoms with Gasteiger partial charge in [0.05, 0.1) is 17.6 Å². The van der Waals surface area contributed by atoms with Crippen LogP contribution >= 0.6 is 0 Å². The van der Waals surface area contributed by atoms with Crippen molar-refractivity contribution in [3.8, 4) is 22.5 Å². The first-order valence-corrected chi connectivity index (χ1v) is 7.59. The van der Waals surface area contributed by atoms with E-state index in [9.17, 15) is 5.11 Å². The molecule has 0 saturated heterocycles. The minimum Gasteiger partial charge on any atom is -0.392 e. The number of imidazole rings is 1. The fourth-order valence-corrected chi connectivity index (χ4v) is 2.84. The Balaban J connectivity index is 1.73. The van der Waals surface area contributed by atoms with Crippen molar-refractivity contribution in [3.05, 3.63) is 78.4 Å². The van der Waals surface area contributed by atoms with E-state index in [0.29, 0.717) is 0 Å². The van der Waals surface area contributed by atoms with Crippen molar-refractivity contribution in [2.24, 2.45) is 0 Å². The zero-order valence-electron chi connectivity index (χ0n) is 12.5. The maximum Gasteiger partial charge on any atom is 0.138 e. The maximum atomic E-state index is 9.48. The molecule has 2 N–H and O–H groups in total. The Hall–Kier alpha value is -2.91. The number of hydrogen-bond donors (Lipinski definition) is 2. The first kappa shape index (κ1) is 13.7. The Morgan fingerprint density at radius 1 is 0.783 bits per heavy atom. The van der Waals surface area contributed by atoms with Crippen molar-refractivity contribution in [2.75, 3.05) is 0 Å². The lowest BCUT2D eigenvalue weighted by atomic mass is 9.99. The molecule has 0 atom stereocenters. The van der Waals surface area contributed by atoms with Gasteiger partial charge in [-0.3, -0.25) is 0 Å². The molecular weight excluding hydrogens is 284 g/mol. The van der Waals surface area contributed by atoms with E-state index in [1.807, 2.05) is 48.5 Å². The number of aliphatic hydroxyl groups is 1. The SMILES string of the molecule is OCc1ccccc1-c1ccc(-c2nc3ccccc3[nH]2)cc1. The molecule has 0 aliphatic carbocycles. The van der Waals surface area contributed by atoms with Crippen molar-refractivity contribution < 1.29 is 5.11 Å². The number of fused-ring (bicyclic) bond motifs is 1. The Bertz CT molecular complexity index is 922. The fourth-order valence-electron chi connectivity index (χ4n) is 2.84. The summed E-state index contributed by atoms with van der Waals surface area (Å²) in [5.74, 6) is 0.869. The van der Waals surface area contributed by atoms with Gasteiger partial charge in [0.15, 0.2) is 0 Å². The van der Waals surface area contributed by atoms with Gasteiger partial charge in [0.2, 0.25) is 0 Å². The van der Waals surface area contributed by atoms with Crippen molar-refractivity contribution in [1.29, 1.82) is 0 Å². The summed E-state index contributed by atoms with van der Waals surface area (Å²) < 4.78 is 0. The number of nitrogens with one attached hydrogen (secondary N) is 1. The monoisotopic (exact) mass is 300 g/mol. The summed E-state index contributed by atoms with van der Waals surface area (Å²) in [4.78, 5) is 7.97. The molecule has 0 aliphatic rings. The smallest absolute Gasteiger partial charge is 0.138 e. The molecule has 1 aromatic heterocycles. The van der Waals surface area contributed by atoms with Gasteiger partial charge in [-0.1, -0.05) is 60.7 Å². The van der Waals surface area contributed by atoms with Crippen molar-refractivity contribution in [3.63, 3.8) is 0 Å². The third kappa shape index (κ3) is 2.51. The highest BCUT2D eigenvalue weighted by Crippen LogP contribution is 2.27. The lowest BCUT2D eigenvalue weighted by Gasteiger charge is -2.07. The highest BCUT2D eigenvalue weighted by molar-refractivity contribution is 5.80. The normalized spacial score (nSPS) is 11.0. The van der Waals surface area contributed by atoms with Crippen LogP contribution < -0.4 is 0 Å². The number of para-hydroxylation sites is 2. The molecule has 3 aromatic carbocycles. The van der Waals surface area contributed by atoms with Crippen LogP contribution in [0.4, 0.5) is 0 Å². The lowest BCUT2D eigenvalue weighted by Crippen LogP contribution is -1.89. The zero-order chi connectivity index (χ0) is 15.6. The number of aromatic nitrogens is 2. The second-order valence-electron chi connectivity index (χ2n) is 5.50. The predicted octanol–water partition coefficient (Wildman–Crippen LogP) is 4.39. The van der Waals surface area contributed by atoms with E-state index in [0.717, 1.165) is 39.1 Å². The summed E-state index contributed by atoms with van der Waals surface area (Å²) in [5, 5.41) is 9.48. The molecule has 0 saturated carbocycles. The van der Waals surface area contributed by atoms with Gasteiger partial charge in [0.1, 0.15) is 5.82 Å². The van der Waals surface area contributed by atoms with Gasteiger partial charge in [0, 0.05) is 5.56 Å².